The number of ether oxygens (including phenoxy) is 1. The average Bonchev–Trinajstić information content (AvgIpc) is 2.25. The number of benzene rings is 1. The van der Waals surface area contributed by atoms with Crippen LogP contribution in [-0.4, -0.2) is 18.8 Å². The maximum atomic E-state index is 6.35. The van der Waals surface area contributed by atoms with Crippen LogP contribution in [0.25, 0.3) is 0 Å². The van der Waals surface area contributed by atoms with E-state index in [1.54, 1.807) is 0 Å². The Labute approximate surface area is 111 Å². The Morgan fingerprint density at radius 2 is 1.83 bits per heavy atom. The Balaban J connectivity index is 2.29. The van der Waals surface area contributed by atoms with Gasteiger partial charge in [-0.3, -0.25) is 0 Å². The third-order valence-electron chi connectivity index (χ3n) is 4.58. The third-order valence-corrected chi connectivity index (χ3v) is 4.58. The summed E-state index contributed by atoms with van der Waals surface area (Å²) in [4.78, 5) is 0. The molecule has 0 aromatic heterocycles. The fraction of sp³-hybridized carbons (Fsp3) is 0.625. The highest BCUT2D eigenvalue weighted by Crippen LogP contribution is 2.40. The van der Waals surface area contributed by atoms with Gasteiger partial charge in [0.2, 0.25) is 0 Å². The van der Waals surface area contributed by atoms with Crippen LogP contribution in [0.3, 0.4) is 0 Å². The van der Waals surface area contributed by atoms with Gasteiger partial charge in [0.15, 0.2) is 0 Å². The summed E-state index contributed by atoms with van der Waals surface area (Å²) in [6.45, 7) is 10.2. The minimum Gasteiger partial charge on any atom is -0.379 e. The standard InChI is InChI=1S/C16H25NO/c1-5-12(2)13-6-8-14(9-7-13)16(10-18-11-16)15(3,4)17/h6-9,12H,5,10-11,17H2,1-4H3. The van der Waals surface area contributed by atoms with Gasteiger partial charge in [0.25, 0.3) is 0 Å². The molecule has 1 fully saturated rings. The van der Waals surface area contributed by atoms with E-state index in [0.717, 1.165) is 13.2 Å². The maximum Gasteiger partial charge on any atom is 0.0603 e. The minimum absolute atomic E-state index is 0.0129. The highest BCUT2D eigenvalue weighted by Gasteiger charge is 2.50. The lowest BCUT2D eigenvalue weighted by atomic mass is 9.65. The second-order valence-electron chi connectivity index (χ2n) is 6.23. The highest BCUT2D eigenvalue weighted by molar-refractivity contribution is 5.36. The molecule has 2 rings (SSSR count). The summed E-state index contributed by atoms with van der Waals surface area (Å²) in [6, 6.07) is 8.96. The number of rotatable bonds is 4. The molecule has 1 aromatic rings. The van der Waals surface area contributed by atoms with Crippen molar-refractivity contribution in [2.24, 2.45) is 5.73 Å². The Morgan fingerprint density at radius 3 is 2.17 bits per heavy atom. The summed E-state index contributed by atoms with van der Waals surface area (Å²) in [7, 11) is 0. The van der Waals surface area contributed by atoms with Gasteiger partial charge < -0.3 is 10.5 Å². The molecule has 0 amide bonds. The van der Waals surface area contributed by atoms with E-state index in [1.807, 2.05) is 0 Å². The number of nitrogens with two attached hydrogens (primary N) is 1. The van der Waals surface area contributed by atoms with Crippen LogP contribution in [0.1, 0.15) is 51.2 Å². The smallest absolute Gasteiger partial charge is 0.0603 e. The van der Waals surface area contributed by atoms with Gasteiger partial charge in [0.05, 0.1) is 18.6 Å². The van der Waals surface area contributed by atoms with Gasteiger partial charge in [-0.2, -0.15) is 0 Å². The molecule has 1 unspecified atom stereocenters. The molecular formula is C16H25NO. The molecule has 1 aromatic carbocycles. The summed E-state index contributed by atoms with van der Waals surface area (Å²) in [6.07, 6.45) is 1.18. The van der Waals surface area contributed by atoms with E-state index in [1.165, 1.54) is 17.5 Å². The summed E-state index contributed by atoms with van der Waals surface area (Å²) >= 11 is 0. The molecule has 0 spiro atoms. The molecule has 0 radical (unpaired) electrons. The molecule has 1 aliphatic heterocycles. The first-order valence-corrected chi connectivity index (χ1v) is 6.88. The van der Waals surface area contributed by atoms with Gasteiger partial charge in [0, 0.05) is 5.54 Å². The van der Waals surface area contributed by atoms with E-state index in [0.29, 0.717) is 5.92 Å². The Bertz CT molecular complexity index is 398. The van der Waals surface area contributed by atoms with Crippen molar-refractivity contribution in [1.29, 1.82) is 0 Å². The molecule has 0 aliphatic carbocycles. The molecule has 2 N–H and O–H groups in total. The highest BCUT2D eigenvalue weighted by atomic mass is 16.5. The lowest BCUT2D eigenvalue weighted by Gasteiger charge is -2.51. The predicted octanol–water partition coefficient (Wildman–Crippen LogP) is 3.21. The first-order chi connectivity index (χ1) is 8.40. The Morgan fingerprint density at radius 1 is 1.28 bits per heavy atom. The van der Waals surface area contributed by atoms with Crippen LogP contribution in [0.15, 0.2) is 24.3 Å². The van der Waals surface area contributed by atoms with E-state index in [2.05, 4.69) is 52.0 Å². The number of hydrogen-bond donors (Lipinski definition) is 1. The van der Waals surface area contributed by atoms with Crippen LogP contribution in [0.5, 0.6) is 0 Å². The van der Waals surface area contributed by atoms with Gasteiger partial charge in [-0.15, -0.1) is 0 Å². The van der Waals surface area contributed by atoms with E-state index in [-0.39, 0.29) is 11.0 Å². The van der Waals surface area contributed by atoms with Gasteiger partial charge in [-0.05, 0) is 37.3 Å². The van der Waals surface area contributed by atoms with Crippen LogP contribution < -0.4 is 5.73 Å². The van der Waals surface area contributed by atoms with Crippen molar-refractivity contribution in [3.05, 3.63) is 35.4 Å². The third kappa shape index (κ3) is 2.08. The lowest BCUT2D eigenvalue weighted by molar-refractivity contribution is -0.0919. The number of hydrogen-bond acceptors (Lipinski definition) is 2. The second kappa shape index (κ2) is 4.67. The van der Waals surface area contributed by atoms with E-state index >= 15 is 0 Å². The SMILES string of the molecule is CCC(C)c1ccc(C2(C(C)(C)N)COC2)cc1. The molecule has 1 aliphatic rings. The van der Waals surface area contributed by atoms with E-state index in [4.69, 9.17) is 10.5 Å². The average molecular weight is 247 g/mol. The fourth-order valence-electron chi connectivity index (χ4n) is 2.58. The predicted molar refractivity (Wildman–Crippen MR) is 75.9 cm³/mol. The summed E-state index contributed by atoms with van der Waals surface area (Å²) in [5.74, 6) is 0.624. The first kappa shape index (κ1) is 13.6. The van der Waals surface area contributed by atoms with Crippen molar-refractivity contribution in [1.82, 2.24) is 0 Å². The van der Waals surface area contributed by atoms with Crippen LogP contribution in [0, 0.1) is 0 Å². The van der Waals surface area contributed by atoms with Crippen molar-refractivity contribution in [2.45, 2.75) is 51.0 Å². The van der Waals surface area contributed by atoms with Crippen molar-refractivity contribution in [3.63, 3.8) is 0 Å². The summed E-state index contributed by atoms with van der Waals surface area (Å²) in [5, 5.41) is 0. The van der Waals surface area contributed by atoms with Crippen LogP contribution in [-0.2, 0) is 10.2 Å². The first-order valence-electron chi connectivity index (χ1n) is 6.88. The molecule has 2 nitrogen and oxygen atoms in total. The van der Waals surface area contributed by atoms with Crippen LogP contribution in [0.2, 0.25) is 0 Å². The molecule has 18 heavy (non-hydrogen) atoms. The van der Waals surface area contributed by atoms with Gasteiger partial charge in [0.1, 0.15) is 0 Å². The molecule has 1 saturated heterocycles. The van der Waals surface area contributed by atoms with Crippen molar-refractivity contribution >= 4 is 0 Å². The Kier molecular flexibility index (Phi) is 3.52. The van der Waals surface area contributed by atoms with Crippen molar-refractivity contribution in [2.75, 3.05) is 13.2 Å². The summed E-state index contributed by atoms with van der Waals surface area (Å²) in [5.41, 5.74) is 8.81. The van der Waals surface area contributed by atoms with Crippen LogP contribution >= 0.6 is 0 Å². The summed E-state index contributed by atoms with van der Waals surface area (Å²) < 4.78 is 5.44. The van der Waals surface area contributed by atoms with Crippen LogP contribution in [0.4, 0.5) is 0 Å². The van der Waals surface area contributed by atoms with Crippen molar-refractivity contribution < 1.29 is 4.74 Å². The van der Waals surface area contributed by atoms with Gasteiger partial charge >= 0.3 is 0 Å². The van der Waals surface area contributed by atoms with E-state index in [9.17, 15) is 0 Å². The molecule has 1 heterocycles. The monoisotopic (exact) mass is 247 g/mol. The second-order valence-corrected chi connectivity index (χ2v) is 6.23. The quantitative estimate of drug-likeness (QED) is 0.886. The molecule has 1 atom stereocenters. The Hall–Kier alpha value is -0.860. The van der Waals surface area contributed by atoms with E-state index < -0.39 is 0 Å². The molecule has 0 saturated carbocycles. The normalized spacial score (nSPS) is 20.3. The zero-order valence-corrected chi connectivity index (χ0v) is 12.0. The minimum atomic E-state index is -0.247. The zero-order valence-electron chi connectivity index (χ0n) is 12.0. The largest absolute Gasteiger partial charge is 0.379 e. The molecule has 0 bridgehead atoms. The van der Waals surface area contributed by atoms with Gasteiger partial charge in [-0.25, -0.2) is 0 Å². The fourth-order valence-corrected chi connectivity index (χ4v) is 2.58. The maximum absolute atomic E-state index is 6.35. The molecular weight excluding hydrogens is 222 g/mol. The topological polar surface area (TPSA) is 35.2 Å². The molecule has 2 heteroatoms. The zero-order chi connectivity index (χ0) is 13.4. The lowest BCUT2D eigenvalue weighted by Crippen LogP contribution is -2.64. The molecule has 100 valence electrons. The van der Waals surface area contributed by atoms with Crippen molar-refractivity contribution in [3.8, 4) is 0 Å². The van der Waals surface area contributed by atoms with Gasteiger partial charge in [-0.1, -0.05) is 38.1 Å².